The zero-order valence-electron chi connectivity index (χ0n) is 17.5. The van der Waals surface area contributed by atoms with Gasteiger partial charge in [0.05, 0.1) is 0 Å². The number of para-hydroxylation sites is 2. The van der Waals surface area contributed by atoms with Crippen LogP contribution in [0.4, 0.5) is 11.4 Å². The highest BCUT2D eigenvalue weighted by molar-refractivity contribution is 5.80. The molecule has 0 radical (unpaired) electrons. The minimum absolute atomic E-state index is 0.219. The molecule has 28 heavy (non-hydrogen) atoms. The van der Waals surface area contributed by atoms with Crippen LogP contribution in [0.2, 0.25) is 0 Å². The third-order valence-corrected chi connectivity index (χ3v) is 7.18. The van der Waals surface area contributed by atoms with Crippen LogP contribution in [-0.2, 0) is 0 Å². The van der Waals surface area contributed by atoms with Gasteiger partial charge in [0.2, 0.25) is 0 Å². The van der Waals surface area contributed by atoms with Gasteiger partial charge in [-0.2, -0.15) is 0 Å². The molecule has 0 aliphatic heterocycles. The zero-order valence-corrected chi connectivity index (χ0v) is 17.5. The lowest BCUT2D eigenvalue weighted by Crippen LogP contribution is -2.38. The molecule has 3 atom stereocenters. The quantitative estimate of drug-likeness (QED) is 0.537. The molecular weight excluding hydrogens is 338 g/mol. The van der Waals surface area contributed by atoms with Crippen molar-refractivity contribution in [1.82, 2.24) is 0 Å². The molecule has 0 fully saturated rings. The molecular formula is C27H33N. The first-order valence-electron chi connectivity index (χ1n) is 10.8. The predicted octanol–water partition coefficient (Wildman–Crippen LogP) is 8.00. The van der Waals surface area contributed by atoms with Gasteiger partial charge >= 0.3 is 0 Å². The summed E-state index contributed by atoms with van der Waals surface area (Å²) in [6.07, 6.45) is 13.9. The molecule has 1 nitrogen and oxygen atoms in total. The number of hydrogen-bond donors (Lipinski definition) is 1. The lowest BCUT2D eigenvalue weighted by atomic mass is 9.56. The van der Waals surface area contributed by atoms with Crippen molar-refractivity contribution in [2.45, 2.75) is 52.9 Å². The Morgan fingerprint density at radius 3 is 2.39 bits per heavy atom. The number of allylic oxidation sites excluding steroid dienone is 4. The summed E-state index contributed by atoms with van der Waals surface area (Å²) >= 11 is 0. The molecule has 146 valence electrons. The predicted molar refractivity (Wildman–Crippen MR) is 122 cm³/mol. The van der Waals surface area contributed by atoms with Crippen molar-refractivity contribution in [3.05, 3.63) is 78.4 Å². The van der Waals surface area contributed by atoms with Gasteiger partial charge in [0, 0.05) is 16.9 Å². The van der Waals surface area contributed by atoms with Gasteiger partial charge in [0.1, 0.15) is 0 Å². The van der Waals surface area contributed by atoms with Gasteiger partial charge in [-0.05, 0) is 72.6 Å². The van der Waals surface area contributed by atoms with Crippen LogP contribution in [0, 0.1) is 16.7 Å². The first kappa shape index (κ1) is 19.1. The van der Waals surface area contributed by atoms with E-state index in [2.05, 4.69) is 98.9 Å². The number of anilines is 2. The second-order valence-electron chi connectivity index (χ2n) is 9.27. The van der Waals surface area contributed by atoms with Gasteiger partial charge in [-0.15, -0.1) is 0 Å². The van der Waals surface area contributed by atoms with Crippen LogP contribution in [0.3, 0.4) is 0 Å². The highest BCUT2D eigenvalue weighted by atomic mass is 14.9. The highest BCUT2D eigenvalue weighted by Crippen LogP contribution is 2.54. The van der Waals surface area contributed by atoms with Crippen LogP contribution in [0.1, 0.15) is 58.4 Å². The molecule has 1 unspecified atom stereocenters. The van der Waals surface area contributed by atoms with Crippen molar-refractivity contribution in [2.75, 3.05) is 5.32 Å². The van der Waals surface area contributed by atoms with E-state index in [1.165, 1.54) is 48.9 Å². The van der Waals surface area contributed by atoms with Crippen LogP contribution < -0.4 is 5.32 Å². The molecule has 4 rings (SSSR count). The van der Waals surface area contributed by atoms with Gasteiger partial charge in [0.25, 0.3) is 0 Å². The van der Waals surface area contributed by atoms with E-state index in [9.17, 15) is 0 Å². The Bertz CT molecular complexity index is 878. The maximum Gasteiger partial charge on any atom is 0.0460 e. The second-order valence-corrected chi connectivity index (χ2v) is 9.27. The van der Waals surface area contributed by atoms with E-state index >= 15 is 0 Å². The van der Waals surface area contributed by atoms with E-state index in [1.54, 1.807) is 0 Å². The third kappa shape index (κ3) is 3.68. The van der Waals surface area contributed by atoms with Gasteiger partial charge in [0.15, 0.2) is 0 Å². The van der Waals surface area contributed by atoms with Gasteiger partial charge in [-0.25, -0.2) is 0 Å². The Hall–Kier alpha value is -2.28. The standard InChI is InChI=1S/C27H33N/c1-21-15-18-26(2,19-16-21)27(3)17-9-10-22(20-27)24-13-7-8-14-25(24)28-23-11-5-4-6-12-23/h4-8,11-15,18,20-21,28H,9-10,16-17,19H2,1-3H3/t21?,26-,27-/m0/s1. The zero-order chi connectivity index (χ0) is 19.6. The molecule has 0 saturated carbocycles. The molecule has 2 aliphatic carbocycles. The van der Waals surface area contributed by atoms with Gasteiger partial charge in [-0.3, -0.25) is 0 Å². The molecule has 0 spiro atoms. The summed E-state index contributed by atoms with van der Waals surface area (Å²) in [6, 6.07) is 19.3. The van der Waals surface area contributed by atoms with Crippen molar-refractivity contribution >= 4 is 16.9 Å². The molecule has 0 aromatic heterocycles. The Morgan fingerprint density at radius 1 is 0.893 bits per heavy atom. The van der Waals surface area contributed by atoms with E-state index in [-0.39, 0.29) is 10.8 Å². The van der Waals surface area contributed by atoms with E-state index in [1.807, 2.05) is 0 Å². The summed E-state index contributed by atoms with van der Waals surface area (Å²) in [4.78, 5) is 0. The SMILES string of the molecule is CC1C=C[C@](C)([C@]2(C)C=C(c3ccccc3Nc3ccccc3)CCC2)CC1. The van der Waals surface area contributed by atoms with Crippen LogP contribution in [0.15, 0.2) is 72.8 Å². The Kier molecular flexibility index (Phi) is 5.19. The molecule has 0 amide bonds. The lowest BCUT2D eigenvalue weighted by Gasteiger charge is -2.48. The molecule has 2 aromatic rings. The number of nitrogens with one attached hydrogen (secondary N) is 1. The smallest absolute Gasteiger partial charge is 0.0460 e. The van der Waals surface area contributed by atoms with E-state index < -0.39 is 0 Å². The van der Waals surface area contributed by atoms with E-state index in [0.29, 0.717) is 0 Å². The van der Waals surface area contributed by atoms with Gasteiger partial charge in [-0.1, -0.05) is 75.4 Å². The van der Waals surface area contributed by atoms with Crippen molar-refractivity contribution in [2.24, 2.45) is 16.7 Å². The van der Waals surface area contributed by atoms with Crippen LogP contribution >= 0.6 is 0 Å². The number of rotatable bonds is 4. The maximum absolute atomic E-state index is 3.64. The number of benzene rings is 2. The second kappa shape index (κ2) is 7.62. The first-order chi connectivity index (χ1) is 13.5. The molecule has 2 aromatic carbocycles. The van der Waals surface area contributed by atoms with Crippen molar-refractivity contribution in [3.63, 3.8) is 0 Å². The summed E-state index contributed by atoms with van der Waals surface area (Å²) in [6.45, 7) is 7.30. The van der Waals surface area contributed by atoms with Crippen molar-refractivity contribution < 1.29 is 0 Å². The maximum atomic E-state index is 3.64. The van der Waals surface area contributed by atoms with Crippen molar-refractivity contribution in [1.29, 1.82) is 0 Å². The summed E-state index contributed by atoms with van der Waals surface area (Å²) in [5.74, 6) is 0.722. The Balaban J connectivity index is 1.69. The summed E-state index contributed by atoms with van der Waals surface area (Å²) in [7, 11) is 0. The highest BCUT2D eigenvalue weighted by Gasteiger charge is 2.43. The fourth-order valence-electron chi connectivity index (χ4n) is 4.95. The number of hydrogen-bond acceptors (Lipinski definition) is 1. The molecule has 1 heteroatoms. The first-order valence-corrected chi connectivity index (χ1v) is 10.8. The average Bonchev–Trinajstić information content (AvgIpc) is 2.71. The van der Waals surface area contributed by atoms with Crippen LogP contribution in [0.5, 0.6) is 0 Å². The van der Waals surface area contributed by atoms with Gasteiger partial charge < -0.3 is 5.32 Å². The summed E-state index contributed by atoms with van der Waals surface area (Å²) in [5.41, 5.74) is 5.69. The third-order valence-electron chi connectivity index (χ3n) is 7.18. The fraction of sp³-hybridized carbons (Fsp3) is 0.407. The molecule has 1 N–H and O–H groups in total. The summed E-state index contributed by atoms with van der Waals surface area (Å²) < 4.78 is 0. The molecule has 0 heterocycles. The normalized spacial score (nSPS) is 30.0. The van der Waals surface area contributed by atoms with Crippen LogP contribution in [0.25, 0.3) is 5.57 Å². The largest absolute Gasteiger partial charge is 0.355 e. The Morgan fingerprint density at radius 2 is 1.64 bits per heavy atom. The monoisotopic (exact) mass is 371 g/mol. The average molecular weight is 372 g/mol. The lowest BCUT2D eigenvalue weighted by molar-refractivity contribution is 0.132. The fourth-order valence-corrected chi connectivity index (χ4v) is 4.95. The van der Waals surface area contributed by atoms with Crippen LogP contribution in [-0.4, -0.2) is 0 Å². The summed E-state index contributed by atoms with van der Waals surface area (Å²) in [5, 5.41) is 3.64. The molecule has 0 saturated heterocycles. The van der Waals surface area contributed by atoms with E-state index in [4.69, 9.17) is 0 Å². The topological polar surface area (TPSA) is 12.0 Å². The Labute approximate surface area is 170 Å². The van der Waals surface area contributed by atoms with Crippen molar-refractivity contribution in [3.8, 4) is 0 Å². The minimum atomic E-state index is 0.219. The molecule has 0 bridgehead atoms. The van der Waals surface area contributed by atoms with E-state index in [0.717, 1.165) is 11.6 Å². The minimum Gasteiger partial charge on any atom is -0.355 e. The molecule has 2 aliphatic rings.